The molecular weight excluding hydrogens is 496 g/mol. The molecule has 1 saturated heterocycles. The third kappa shape index (κ3) is 7.49. The highest BCUT2D eigenvalue weighted by Crippen LogP contribution is 2.34. The summed E-state index contributed by atoms with van der Waals surface area (Å²) in [5, 5.41) is 3.41. The number of halogens is 6. The minimum absolute atomic E-state index is 0.217. The molecule has 9 nitrogen and oxygen atoms in total. The van der Waals surface area contributed by atoms with Crippen LogP contribution in [0.15, 0.2) is 18.5 Å². The highest BCUT2D eigenvalue weighted by molar-refractivity contribution is 6.42. The summed E-state index contributed by atoms with van der Waals surface area (Å²) in [4.78, 5) is 16.8. The van der Waals surface area contributed by atoms with Gasteiger partial charge in [-0.1, -0.05) is 0 Å². The van der Waals surface area contributed by atoms with E-state index in [0.29, 0.717) is 21.8 Å². The van der Waals surface area contributed by atoms with Crippen molar-refractivity contribution in [2.45, 2.75) is 56.3 Å². The molecule has 17 heteroatoms. The number of hydrogen-bond donors (Lipinski definition) is 2. The second kappa shape index (κ2) is 11.7. The molecule has 0 saturated carbocycles. The van der Waals surface area contributed by atoms with Gasteiger partial charge in [0, 0.05) is 34.4 Å². The molecule has 2 aromatic heterocycles. The van der Waals surface area contributed by atoms with Crippen LogP contribution in [0.25, 0.3) is 5.65 Å². The maximum Gasteiger partial charge on any atom is 0.416 e. The third-order valence-electron chi connectivity index (χ3n) is 4.94. The van der Waals surface area contributed by atoms with Gasteiger partial charge in [-0.2, -0.15) is 31.4 Å². The number of carbonyl (C=O) groups excluding carboxylic acids is 1. The Morgan fingerprint density at radius 2 is 1.72 bits per heavy atom. The lowest BCUT2D eigenvalue weighted by atomic mass is 9.57. The molecule has 1 aliphatic rings. The average molecular weight is 522 g/mol. The van der Waals surface area contributed by atoms with E-state index in [1.54, 1.807) is 31.8 Å². The van der Waals surface area contributed by atoms with Crippen molar-refractivity contribution >= 4 is 27.4 Å². The second-order valence-electron chi connectivity index (χ2n) is 8.12. The third-order valence-corrected chi connectivity index (χ3v) is 4.94. The molecule has 1 fully saturated rings. The number of fused-ring (bicyclic) bond motifs is 1. The standard InChI is InChI=1S/C12H11B2F3N6O.C5H9F3O.C2H6O/c13-11(14)9(12(15,16)17)21-10(24)22(11)4-6-1-8-20-7(2-18)5-23(8)19-3-6;1-4(2,9-3)5(6,7)8;1-3-2/h1,3,5,9H,2,4,18H2,(H,21,24);1-3H3;1-2H3. The number of imidazole rings is 1. The fourth-order valence-corrected chi connectivity index (χ4v) is 2.65. The Labute approximate surface area is 206 Å². The molecule has 2 aromatic rings. The molecule has 0 aromatic carbocycles. The Hall–Kier alpha value is -2.52. The summed E-state index contributed by atoms with van der Waals surface area (Å²) in [6, 6.07) is -1.81. The Kier molecular flexibility index (Phi) is 10.2. The van der Waals surface area contributed by atoms with E-state index >= 15 is 0 Å². The van der Waals surface area contributed by atoms with Gasteiger partial charge < -0.3 is 25.4 Å². The monoisotopic (exact) mass is 522 g/mol. The normalized spacial score (nSPS) is 17.7. The van der Waals surface area contributed by atoms with Crippen LogP contribution in [0.3, 0.4) is 0 Å². The van der Waals surface area contributed by atoms with Gasteiger partial charge in [-0.05, 0) is 30.8 Å². The number of alkyl halides is 6. The molecule has 4 radical (unpaired) electrons. The second-order valence-corrected chi connectivity index (χ2v) is 8.12. The van der Waals surface area contributed by atoms with Crippen molar-refractivity contribution < 1.29 is 40.6 Å². The molecule has 0 spiro atoms. The van der Waals surface area contributed by atoms with E-state index < -0.39 is 35.4 Å². The number of ether oxygens (including phenoxy) is 2. The number of methoxy groups -OCH3 is 2. The van der Waals surface area contributed by atoms with Crippen molar-refractivity contribution in [2.24, 2.45) is 5.73 Å². The van der Waals surface area contributed by atoms with Gasteiger partial charge in [0.15, 0.2) is 11.2 Å². The topological polar surface area (TPSA) is 107 Å². The molecule has 2 amide bonds. The van der Waals surface area contributed by atoms with E-state index in [4.69, 9.17) is 21.4 Å². The number of nitrogens with one attached hydrogen (secondary N) is 1. The van der Waals surface area contributed by atoms with Crippen molar-refractivity contribution in [3.63, 3.8) is 0 Å². The molecule has 3 rings (SSSR count). The summed E-state index contributed by atoms with van der Waals surface area (Å²) in [6.07, 6.45) is -6.03. The van der Waals surface area contributed by atoms with Crippen LogP contribution in [0.2, 0.25) is 0 Å². The molecule has 3 N–H and O–H groups in total. The molecular formula is C19H26B2F6N6O3. The van der Waals surface area contributed by atoms with Crippen LogP contribution in [0.5, 0.6) is 0 Å². The summed E-state index contributed by atoms with van der Waals surface area (Å²) in [5.74, 6) is 0. The molecule has 1 unspecified atom stereocenters. The number of nitrogens with zero attached hydrogens (tertiary/aromatic N) is 4. The first-order valence-corrected chi connectivity index (χ1v) is 10.1. The van der Waals surface area contributed by atoms with Gasteiger partial charge in [0.2, 0.25) is 0 Å². The predicted octanol–water partition coefficient (Wildman–Crippen LogP) is 1.87. The average Bonchev–Trinajstić information content (AvgIpc) is 3.26. The van der Waals surface area contributed by atoms with Crippen LogP contribution < -0.4 is 11.1 Å². The summed E-state index contributed by atoms with van der Waals surface area (Å²) >= 11 is 0. The molecule has 3 heterocycles. The van der Waals surface area contributed by atoms with Crippen LogP contribution in [-0.4, -0.2) is 91.9 Å². The van der Waals surface area contributed by atoms with E-state index in [2.05, 4.69) is 19.6 Å². The van der Waals surface area contributed by atoms with Crippen molar-refractivity contribution in [3.8, 4) is 0 Å². The predicted molar refractivity (Wildman–Crippen MR) is 119 cm³/mol. The van der Waals surface area contributed by atoms with Gasteiger partial charge in [-0.3, -0.25) is 0 Å². The Morgan fingerprint density at radius 1 is 1.17 bits per heavy atom. The number of urea groups is 1. The van der Waals surface area contributed by atoms with Crippen molar-refractivity contribution in [2.75, 3.05) is 21.3 Å². The fraction of sp³-hybridized carbons (Fsp3) is 0.632. The van der Waals surface area contributed by atoms with Crippen molar-refractivity contribution in [1.29, 1.82) is 0 Å². The smallest absolute Gasteiger partial charge is 0.388 e. The van der Waals surface area contributed by atoms with Crippen LogP contribution in [0.1, 0.15) is 25.1 Å². The fourth-order valence-electron chi connectivity index (χ4n) is 2.65. The van der Waals surface area contributed by atoms with Crippen LogP contribution in [0, 0.1) is 0 Å². The molecule has 0 bridgehead atoms. The van der Waals surface area contributed by atoms with Gasteiger partial charge in [0.05, 0.1) is 33.8 Å². The van der Waals surface area contributed by atoms with Crippen LogP contribution >= 0.6 is 0 Å². The van der Waals surface area contributed by atoms with Gasteiger partial charge in [-0.25, -0.2) is 14.3 Å². The summed E-state index contributed by atoms with van der Waals surface area (Å²) in [5.41, 5.74) is 4.94. The van der Waals surface area contributed by atoms with E-state index in [1.165, 1.54) is 10.7 Å². The molecule has 1 aliphatic heterocycles. The Morgan fingerprint density at radius 3 is 2.11 bits per heavy atom. The Balaban J connectivity index is 0.000000454. The maximum absolute atomic E-state index is 13.0. The van der Waals surface area contributed by atoms with Crippen LogP contribution in [0.4, 0.5) is 31.1 Å². The molecule has 0 aliphatic carbocycles. The number of nitrogens with two attached hydrogens (primary N) is 1. The van der Waals surface area contributed by atoms with Gasteiger partial charge in [-0.15, -0.1) is 0 Å². The van der Waals surface area contributed by atoms with E-state index in [0.717, 1.165) is 21.0 Å². The number of aromatic nitrogens is 3. The lowest BCUT2D eigenvalue weighted by molar-refractivity contribution is -0.255. The first-order chi connectivity index (χ1) is 16.3. The molecule has 36 heavy (non-hydrogen) atoms. The summed E-state index contributed by atoms with van der Waals surface area (Å²) in [6.45, 7) is 1.93. The lowest BCUT2D eigenvalue weighted by Crippen LogP contribution is -2.58. The van der Waals surface area contributed by atoms with E-state index in [-0.39, 0.29) is 13.1 Å². The zero-order valence-electron chi connectivity index (χ0n) is 20.2. The summed E-state index contributed by atoms with van der Waals surface area (Å²) < 4.78 is 83.9. The largest absolute Gasteiger partial charge is 0.416 e. The minimum Gasteiger partial charge on any atom is -0.388 e. The van der Waals surface area contributed by atoms with E-state index in [9.17, 15) is 31.1 Å². The van der Waals surface area contributed by atoms with Crippen LogP contribution in [-0.2, 0) is 22.6 Å². The van der Waals surface area contributed by atoms with Gasteiger partial charge in [0.25, 0.3) is 0 Å². The first-order valence-electron chi connectivity index (χ1n) is 10.1. The van der Waals surface area contributed by atoms with Crippen molar-refractivity contribution in [1.82, 2.24) is 24.8 Å². The zero-order chi connectivity index (χ0) is 28.1. The number of amides is 2. The summed E-state index contributed by atoms with van der Waals surface area (Å²) in [7, 11) is 15.4. The van der Waals surface area contributed by atoms with Crippen molar-refractivity contribution in [3.05, 3.63) is 29.7 Å². The lowest BCUT2D eigenvalue weighted by Gasteiger charge is -2.36. The minimum atomic E-state index is -4.77. The zero-order valence-corrected chi connectivity index (χ0v) is 20.2. The number of rotatable bonds is 4. The van der Waals surface area contributed by atoms with E-state index in [1.807, 2.05) is 0 Å². The number of carbonyl (C=O) groups is 1. The highest BCUT2D eigenvalue weighted by Gasteiger charge is 2.57. The maximum atomic E-state index is 13.0. The first kappa shape index (κ1) is 31.5. The highest BCUT2D eigenvalue weighted by atomic mass is 19.4. The van der Waals surface area contributed by atoms with Gasteiger partial charge in [0.1, 0.15) is 6.04 Å². The SMILES string of the molecule is COC.COC(C)(C)C(F)(F)F.[B]C1([B])C(C(F)(F)F)NC(=O)N1Cc1cnn2cc(CN)nc2c1. The molecule has 198 valence electrons. The quantitative estimate of drug-likeness (QED) is 0.470. The number of hydrogen-bond acceptors (Lipinski definition) is 6. The Bertz CT molecular complexity index is 1020. The molecule has 1 atom stereocenters. The van der Waals surface area contributed by atoms with Gasteiger partial charge >= 0.3 is 18.4 Å².